The number of esters is 1. The van der Waals surface area contributed by atoms with E-state index < -0.39 is 42.2 Å². The zero-order valence-electron chi connectivity index (χ0n) is 16.7. The molecule has 158 valence electrons. The van der Waals surface area contributed by atoms with Crippen molar-refractivity contribution in [1.29, 1.82) is 0 Å². The Balaban J connectivity index is 1.98. The molecule has 0 aliphatic rings. The first kappa shape index (κ1) is 22.6. The summed E-state index contributed by atoms with van der Waals surface area (Å²) in [5, 5.41) is 5.00. The molecule has 0 aliphatic heterocycles. The van der Waals surface area contributed by atoms with E-state index in [4.69, 9.17) is 10.5 Å². The number of ether oxygens (including phenoxy) is 1. The molecule has 0 saturated heterocycles. The molecule has 8 nitrogen and oxygen atoms in total. The number of rotatable bonds is 10. The Labute approximate surface area is 174 Å². The van der Waals surface area contributed by atoms with Crippen LogP contribution in [0.2, 0.25) is 0 Å². The number of carbonyl (C=O) groups is 4. The number of nitrogens with one attached hydrogen (secondary N) is 2. The van der Waals surface area contributed by atoms with E-state index in [2.05, 4.69) is 10.6 Å². The van der Waals surface area contributed by atoms with E-state index in [9.17, 15) is 19.2 Å². The Morgan fingerprint density at radius 2 is 1.43 bits per heavy atom. The van der Waals surface area contributed by atoms with Gasteiger partial charge in [-0.3, -0.25) is 19.2 Å². The van der Waals surface area contributed by atoms with E-state index in [1.165, 1.54) is 6.92 Å². The van der Waals surface area contributed by atoms with Gasteiger partial charge in [-0.05, 0) is 11.1 Å². The first-order chi connectivity index (χ1) is 14.3. The van der Waals surface area contributed by atoms with Crippen molar-refractivity contribution in [3.63, 3.8) is 0 Å². The van der Waals surface area contributed by atoms with Gasteiger partial charge in [-0.25, -0.2) is 0 Å². The molecule has 8 heteroatoms. The highest BCUT2D eigenvalue weighted by Gasteiger charge is 2.27. The molecule has 0 unspecified atom stereocenters. The van der Waals surface area contributed by atoms with Crippen LogP contribution in [0.25, 0.3) is 0 Å². The predicted molar refractivity (Wildman–Crippen MR) is 110 cm³/mol. The lowest BCUT2D eigenvalue weighted by Crippen LogP contribution is -2.54. The summed E-state index contributed by atoms with van der Waals surface area (Å²) in [4.78, 5) is 48.0. The fraction of sp³-hybridized carbons (Fsp3) is 0.273. The van der Waals surface area contributed by atoms with Crippen molar-refractivity contribution in [2.75, 3.05) is 0 Å². The van der Waals surface area contributed by atoms with Crippen molar-refractivity contribution in [2.24, 2.45) is 5.73 Å². The van der Waals surface area contributed by atoms with Gasteiger partial charge in [0.05, 0.1) is 6.42 Å². The highest BCUT2D eigenvalue weighted by atomic mass is 16.5. The minimum atomic E-state index is -1.26. The van der Waals surface area contributed by atoms with Gasteiger partial charge in [-0.2, -0.15) is 0 Å². The van der Waals surface area contributed by atoms with Crippen molar-refractivity contribution in [1.82, 2.24) is 10.6 Å². The number of carbonyl (C=O) groups excluding carboxylic acids is 4. The molecule has 0 aliphatic carbocycles. The maximum absolute atomic E-state index is 12.7. The van der Waals surface area contributed by atoms with Crippen molar-refractivity contribution < 1.29 is 23.9 Å². The second-order valence-corrected chi connectivity index (χ2v) is 6.76. The summed E-state index contributed by atoms with van der Waals surface area (Å²) in [6.07, 6.45) is -0.192. The first-order valence-electron chi connectivity index (χ1n) is 9.45. The first-order valence-corrected chi connectivity index (χ1v) is 9.45. The molecule has 4 N–H and O–H groups in total. The number of primary amides is 1. The number of nitrogens with two attached hydrogens (primary N) is 1. The van der Waals surface area contributed by atoms with Gasteiger partial charge in [0.15, 0.2) is 0 Å². The van der Waals surface area contributed by atoms with Crippen LogP contribution < -0.4 is 16.4 Å². The van der Waals surface area contributed by atoms with Gasteiger partial charge in [-0.1, -0.05) is 60.7 Å². The zero-order chi connectivity index (χ0) is 21.9. The third-order valence-electron chi connectivity index (χ3n) is 4.25. The molecular formula is C22H25N3O5. The Bertz CT molecular complexity index is 871. The minimum absolute atomic E-state index is 0.0433. The number of hydrogen-bond donors (Lipinski definition) is 3. The van der Waals surface area contributed by atoms with Gasteiger partial charge >= 0.3 is 5.97 Å². The SMILES string of the molecule is CC(=O)N[C@H](Cc1ccccc1)C(=O)N[C@H](CC(=O)OCc1ccccc1)C(N)=O. The summed E-state index contributed by atoms with van der Waals surface area (Å²) in [5.74, 6) is -2.57. The molecule has 0 aromatic heterocycles. The summed E-state index contributed by atoms with van der Waals surface area (Å²) >= 11 is 0. The summed E-state index contributed by atoms with van der Waals surface area (Å²) in [6.45, 7) is 1.33. The van der Waals surface area contributed by atoms with Crippen molar-refractivity contribution in [2.45, 2.75) is 38.5 Å². The van der Waals surface area contributed by atoms with Crippen LogP contribution in [0, 0.1) is 0 Å². The van der Waals surface area contributed by atoms with Crippen LogP contribution in [0.5, 0.6) is 0 Å². The molecule has 2 rings (SSSR count). The van der Waals surface area contributed by atoms with Gasteiger partial charge in [0.25, 0.3) is 0 Å². The second kappa shape index (κ2) is 11.4. The van der Waals surface area contributed by atoms with Gasteiger partial charge in [0, 0.05) is 13.3 Å². The van der Waals surface area contributed by atoms with Crippen LogP contribution in [0.4, 0.5) is 0 Å². The molecular weight excluding hydrogens is 386 g/mol. The predicted octanol–water partition coefficient (Wildman–Crippen LogP) is 0.837. The Morgan fingerprint density at radius 3 is 1.97 bits per heavy atom. The minimum Gasteiger partial charge on any atom is -0.461 e. The van der Waals surface area contributed by atoms with Crippen LogP contribution in [0.15, 0.2) is 60.7 Å². The summed E-state index contributed by atoms with van der Waals surface area (Å²) in [7, 11) is 0. The van der Waals surface area contributed by atoms with Gasteiger partial charge < -0.3 is 21.1 Å². The van der Waals surface area contributed by atoms with E-state index in [0.717, 1.165) is 11.1 Å². The van der Waals surface area contributed by atoms with Crippen LogP contribution in [-0.2, 0) is 36.9 Å². The molecule has 0 heterocycles. The molecule has 0 radical (unpaired) electrons. The number of amides is 3. The smallest absolute Gasteiger partial charge is 0.308 e. The largest absolute Gasteiger partial charge is 0.461 e. The highest BCUT2D eigenvalue weighted by Crippen LogP contribution is 2.06. The molecule has 0 spiro atoms. The van der Waals surface area contributed by atoms with Gasteiger partial charge in [0.2, 0.25) is 17.7 Å². The normalized spacial score (nSPS) is 12.3. The molecule has 2 atom stereocenters. The standard InChI is InChI=1S/C22H25N3O5/c1-15(26)24-19(12-16-8-4-2-5-9-16)22(29)25-18(21(23)28)13-20(27)30-14-17-10-6-3-7-11-17/h2-11,18-19H,12-14H2,1H3,(H2,23,28)(H,24,26)(H,25,29)/t18-,19-/m1/s1. The van der Waals surface area contributed by atoms with Gasteiger partial charge in [0.1, 0.15) is 18.7 Å². The quantitative estimate of drug-likeness (QED) is 0.499. The molecule has 0 fully saturated rings. The van der Waals surface area contributed by atoms with Crippen LogP contribution >= 0.6 is 0 Å². The third-order valence-corrected chi connectivity index (χ3v) is 4.25. The lowest BCUT2D eigenvalue weighted by Gasteiger charge is -2.21. The van der Waals surface area contributed by atoms with Crippen LogP contribution in [-0.4, -0.2) is 35.8 Å². The third kappa shape index (κ3) is 7.75. The lowest BCUT2D eigenvalue weighted by atomic mass is 10.0. The number of benzene rings is 2. The fourth-order valence-electron chi connectivity index (χ4n) is 2.76. The maximum Gasteiger partial charge on any atom is 0.308 e. The maximum atomic E-state index is 12.7. The molecule has 2 aromatic carbocycles. The van der Waals surface area contributed by atoms with E-state index in [1.807, 2.05) is 48.5 Å². The average Bonchev–Trinajstić information content (AvgIpc) is 2.72. The second-order valence-electron chi connectivity index (χ2n) is 6.76. The van der Waals surface area contributed by atoms with Crippen LogP contribution in [0.3, 0.4) is 0 Å². The molecule has 0 bridgehead atoms. The van der Waals surface area contributed by atoms with Crippen molar-refractivity contribution in [3.05, 3.63) is 71.8 Å². The van der Waals surface area contributed by atoms with Crippen LogP contribution in [0.1, 0.15) is 24.5 Å². The summed E-state index contributed by atoms with van der Waals surface area (Å²) in [6, 6.07) is 16.0. The number of hydrogen-bond acceptors (Lipinski definition) is 5. The van der Waals surface area contributed by atoms with Crippen molar-refractivity contribution in [3.8, 4) is 0 Å². The highest BCUT2D eigenvalue weighted by molar-refractivity contribution is 5.93. The van der Waals surface area contributed by atoms with Gasteiger partial charge in [-0.15, -0.1) is 0 Å². The van der Waals surface area contributed by atoms with E-state index in [-0.39, 0.29) is 13.0 Å². The zero-order valence-corrected chi connectivity index (χ0v) is 16.7. The summed E-state index contributed by atoms with van der Waals surface area (Å²) < 4.78 is 5.14. The average molecular weight is 411 g/mol. The molecule has 3 amide bonds. The Morgan fingerprint density at radius 1 is 0.867 bits per heavy atom. The summed E-state index contributed by atoms with van der Waals surface area (Å²) in [5.41, 5.74) is 6.96. The van der Waals surface area contributed by atoms with E-state index in [0.29, 0.717) is 0 Å². The fourth-order valence-corrected chi connectivity index (χ4v) is 2.76. The topological polar surface area (TPSA) is 128 Å². The Hall–Kier alpha value is -3.68. The Kier molecular flexibility index (Phi) is 8.56. The monoisotopic (exact) mass is 411 g/mol. The van der Waals surface area contributed by atoms with E-state index in [1.54, 1.807) is 12.1 Å². The van der Waals surface area contributed by atoms with Crippen molar-refractivity contribution >= 4 is 23.7 Å². The van der Waals surface area contributed by atoms with E-state index >= 15 is 0 Å². The molecule has 2 aromatic rings. The molecule has 0 saturated carbocycles. The molecule has 30 heavy (non-hydrogen) atoms. The lowest BCUT2D eigenvalue weighted by molar-refractivity contribution is -0.147.